The van der Waals surface area contributed by atoms with Gasteiger partial charge in [-0.05, 0) is 19.8 Å². The number of morpholine rings is 1. The number of nitrogens with zero attached hydrogens (tertiary/aromatic N) is 1. The maximum atomic E-state index is 5.75. The summed E-state index contributed by atoms with van der Waals surface area (Å²) in [5.41, 5.74) is 5.75. The van der Waals surface area contributed by atoms with Crippen LogP contribution in [0.4, 0.5) is 0 Å². The molecule has 2 aliphatic rings. The third-order valence-electron chi connectivity index (χ3n) is 2.94. The topological polar surface area (TPSA) is 38.5 Å². The molecule has 0 spiro atoms. The molecule has 1 aliphatic carbocycles. The molecule has 70 valence electrons. The molecule has 12 heavy (non-hydrogen) atoms. The Balaban J connectivity index is 1.80. The molecule has 3 heteroatoms. The van der Waals surface area contributed by atoms with E-state index in [-0.39, 0.29) is 0 Å². The molecule has 1 atom stereocenters. The molecule has 1 aliphatic heterocycles. The third kappa shape index (κ3) is 1.63. The number of rotatable bonds is 1. The number of ether oxygens (including phenoxy) is 1. The van der Waals surface area contributed by atoms with Crippen LogP contribution in [-0.2, 0) is 4.74 Å². The van der Waals surface area contributed by atoms with Gasteiger partial charge >= 0.3 is 0 Å². The van der Waals surface area contributed by atoms with Crippen molar-refractivity contribution in [2.24, 2.45) is 5.73 Å². The van der Waals surface area contributed by atoms with Crippen molar-refractivity contribution in [2.45, 2.75) is 38.0 Å². The van der Waals surface area contributed by atoms with Crippen molar-refractivity contribution in [3.63, 3.8) is 0 Å². The largest absolute Gasteiger partial charge is 0.376 e. The molecule has 0 radical (unpaired) electrons. The van der Waals surface area contributed by atoms with Gasteiger partial charge in [0.25, 0.3) is 0 Å². The highest BCUT2D eigenvalue weighted by molar-refractivity contribution is 4.90. The summed E-state index contributed by atoms with van der Waals surface area (Å²) >= 11 is 0. The zero-order chi connectivity index (χ0) is 8.55. The minimum atomic E-state index is 0.413. The van der Waals surface area contributed by atoms with Crippen molar-refractivity contribution in [1.29, 1.82) is 0 Å². The van der Waals surface area contributed by atoms with E-state index >= 15 is 0 Å². The molecule has 0 aromatic rings. The normalized spacial score (nSPS) is 44.0. The minimum absolute atomic E-state index is 0.413. The van der Waals surface area contributed by atoms with Gasteiger partial charge in [0.1, 0.15) is 0 Å². The van der Waals surface area contributed by atoms with Crippen molar-refractivity contribution in [3.8, 4) is 0 Å². The molecular weight excluding hydrogens is 152 g/mol. The smallest absolute Gasteiger partial charge is 0.0674 e. The predicted molar refractivity (Wildman–Crippen MR) is 48.0 cm³/mol. The number of hydrogen-bond acceptors (Lipinski definition) is 3. The molecule has 1 unspecified atom stereocenters. The van der Waals surface area contributed by atoms with Gasteiger partial charge in [-0.1, -0.05) is 0 Å². The number of hydrogen-bond donors (Lipinski definition) is 1. The third-order valence-corrected chi connectivity index (χ3v) is 2.94. The average Bonchev–Trinajstić information content (AvgIpc) is 1.99. The fourth-order valence-electron chi connectivity index (χ4n) is 2.11. The first-order valence-corrected chi connectivity index (χ1v) is 4.87. The minimum Gasteiger partial charge on any atom is -0.376 e. The molecule has 2 N–H and O–H groups in total. The molecule has 1 saturated carbocycles. The van der Waals surface area contributed by atoms with Gasteiger partial charge in [-0.2, -0.15) is 0 Å². The Hall–Kier alpha value is -0.120. The van der Waals surface area contributed by atoms with E-state index in [2.05, 4.69) is 11.8 Å². The summed E-state index contributed by atoms with van der Waals surface area (Å²) in [5.74, 6) is 0. The van der Waals surface area contributed by atoms with Gasteiger partial charge in [0, 0.05) is 25.2 Å². The van der Waals surface area contributed by atoms with Gasteiger partial charge in [-0.3, -0.25) is 4.90 Å². The molecule has 0 amide bonds. The van der Waals surface area contributed by atoms with Crippen molar-refractivity contribution >= 4 is 0 Å². The highest BCUT2D eigenvalue weighted by Gasteiger charge is 2.33. The maximum Gasteiger partial charge on any atom is 0.0674 e. The van der Waals surface area contributed by atoms with Crippen LogP contribution in [0.1, 0.15) is 19.8 Å². The van der Waals surface area contributed by atoms with Gasteiger partial charge in [0.15, 0.2) is 0 Å². The van der Waals surface area contributed by atoms with E-state index in [9.17, 15) is 0 Å². The monoisotopic (exact) mass is 170 g/mol. The standard InChI is InChI=1S/C9H18N2O/c1-7-6-11(2-3-12-7)9-4-8(10)5-9/h7-9H,2-6,10H2,1H3. The first kappa shape index (κ1) is 8.48. The first-order chi connectivity index (χ1) is 5.75. The Morgan fingerprint density at radius 1 is 1.42 bits per heavy atom. The zero-order valence-corrected chi connectivity index (χ0v) is 7.70. The van der Waals surface area contributed by atoms with E-state index in [0.717, 1.165) is 25.7 Å². The second-order valence-electron chi connectivity index (χ2n) is 4.06. The van der Waals surface area contributed by atoms with Crippen LogP contribution < -0.4 is 5.73 Å². The summed E-state index contributed by atoms with van der Waals surface area (Å²) in [4.78, 5) is 2.53. The predicted octanol–water partition coefficient (Wildman–Crippen LogP) is 0.197. The van der Waals surface area contributed by atoms with Crippen LogP contribution in [0.15, 0.2) is 0 Å². The second-order valence-corrected chi connectivity index (χ2v) is 4.06. The van der Waals surface area contributed by atoms with E-state index in [0.29, 0.717) is 12.1 Å². The lowest BCUT2D eigenvalue weighted by atomic mass is 9.86. The van der Waals surface area contributed by atoms with Crippen molar-refractivity contribution in [3.05, 3.63) is 0 Å². The van der Waals surface area contributed by atoms with Crippen molar-refractivity contribution in [2.75, 3.05) is 19.7 Å². The zero-order valence-electron chi connectivity index (χ0n) is 7.70. The van der Waals surface area contributed by atoms with E-state index in [1.165, 1.54) is 12.8 Å². The fourth-order valence-corrected chi connectivity index (χ4v) is 2.11. The first-order valence-electron chi connectivity index (χ1n) is 4.87. The Labute approximate surface area is 73.9 Å². The molecular formula is C9H18N2O. The fraction of sp³-hybridized carbons (Fsp3) is 1.00. The maximum absolute atomic E-state index is 5.75. The highest BCUT2D eigenvalue weighted by atomic mass is 16.5. The van der Waals surface area contributed by atoms with Gasteiger partial charge in [-0.25, -0.2) is 0 Å². The van der Waals surface area contributed by atoms with Gasteiger partial charge in [0.2, 0.25) is 0 Å². The molecule has 1 heterocycles. The lowest BCUT2D eigenvalue weighted by molar-refractivity contribution is -0.0494. The summed E-state index contributed by atoms with van der Waals surface area (Å²) in [6, 6.07) is 1.22. The Morgan fingerprint density at radius 2 is 2.17 bits per heavy atom. The molecule has 1 saturated heterocycles. The van der Waals surface area contributed by atoms with Crippen LogP contribution >= 0.6 is 0 Å². The summed E-state index contributed by atoms with van der Waals surface area (Å²) in [6.45, 7) is 5.23. The van der Waals surface area contributed by atoms with Crippen LogP contribution in [0.3, 0.4) is 0 Å². The molecule has 2 fully saturated rings. The van der Waals surface area contributed by atoms with Crippen LogP contribution in [-0.4, -0.2) is 42.8 Å². The van der Waals surface area contributed by atoms with Crippen LogP contribution in [0, 0.1) is 0 Å². The van der Waals surface area contributed by atoms with Crippen molar-refractivity contribution < 1.29 is 4.74 Å². The van der Waals surface area contributed by atoms with Crippen LogP contribution in [0.2, 0.25) is 0 Å². The van der Waals surface area contributed by atoms with Gasteiger partial charge in [0.05, 0.1) is 12.7 Å². The summed E-state index contributed by atoms with van der Waals surface area (Å²) in [7, 11) is 0. The SMILES string of the molecule is CC1CN(C2CC(N)C2)CCO1. The molecule has 0 aromatic carbocycles. The van der Waals surface area contributed by atoms with E-state index in [1.54, 1.807) is 0 Å². The van der Waals surface area contributed by atoms with Crippen LogP contribution in [0.5, 0.6) is 0 Å². The Bertz CT molecular complexity index is 157. The van der Waals surface area contributed by atoms with Crippen LogP contribution in [0.25, 0.3) is 0 Å². The van der Waals surface area contributed by atoms with E-state index in [1.807, 2.05) is 0 Å². The van der Waals surface area contributed by atoms with E-state index < -0.39 is 0 Å². The van der Waals surface area contributed by atoms with Gasteiger partial charge in [-0.15, -0.1) is 0 Å². The summed E-state index contributed by atoms with van der Waals surface area (Å²) < 4.78 is 5.48. The summed E-state index contributed by atoms with van der Waals surface area (Å²) in [5, 5.41) is 0. The Kier molecular flexibility index (Phi) is 2.35. The lowest BCUT2D eigenvalue weighted by Crippen LogP contribution is -2.55. The average molecular weight is 170 g/mol. The van der Waals surface area contributed by atoms with E-state index in [4.69, 9.17) is 10.5 Å². The number of nitrogens with two attached hydrogens (primary N) is 1. The van der Waals surface area contributed by atoms with Crippen molar-refractivity contribution in [1.82, 2.24) is 4.90 Å². The second kappa shape index (κ2) is 3.32. The molecule has 0 bridgehead atoms. The molecule has 0 aromatic heterocycles. The van der Waals surface area contributed by atoms with Gasteiger partial charge < -0.3 is 10.5 Å². The molecule has 2 rings (SSSR count). The quantitative estimate of drug-likeness (QED) is 0.611. The summed E-state index contributed by atoms with van der Waals surface area (Å²) in [6.07, 6.45) is 2.79. The Morgan fingerprint density at radius 3 is 2.75 bits per heavy atom. The molecule has 3 nitrogen and oxygen atoms in total. The lowest BCUT2D eigenvalue weighted by Gasteiger charge is -2.44. The highest BCUT2D eigenvalue weighted by Crippen LogP contribution is 2.25.